The molecule has 0 radical (unpaired) electrons. The molecule has 2 N–H and O–H groups in total. The van der Waals surface area contributed by atoms with E-state index in [0.29, 0.717) is 40.1 Å². The van der Waals surface area contributed by atoms with Gasteiger partial charge in [-0.2, -0.15) is 10.5 Å². The van der Waals surface area contributed by atoms with E-state index in [0.717, 1.165) is 0 Å². The van der Waals surface area contributed by atoms with Gasteiger partial charge in [0.15, 0.2) is 11.4 Å². The van der Waals surface area contributed by atoms with Gasteiger partial charge in [0.05, 0.1) is 11.4 Å². The highest BCUT2D eigenvalue weighted by atomic mass is 16.3. The van der Waals surface area contributed by atoms with E-state index in [1.807, 2.05) is 12.1 Å². The Morgan fingerprint density at radius 1 is 0.778 bits per heavy atom. The molecule has 3 aliphatic rings. The lowest BCUT2D eigenvalue weighted by Crippen LogP contribution is -2.29. The minimum atomic E-state index is -0.0357. The quantitative estimate of drug-likeness (QED) is 0.861. The van der Waals surface area contributed by atoms with Crippen LogP contribution in [0.15, 0.2) is 75.5 Å². The number of aliphatic imine (C=N–C) groups is 2. The summed E-state index contributed by atoms with van der Waals surface area (Å²) in [5.41, 5.74) is 3.32. The average molecular weight is 352 g/mol. The van der Waals surface area contributed by atoms with Gasteiger partial charge in [0.25, 0.3) is 0 Å². The number of nitrogens with zero attached hydrogens (tertiary/aromatic N) is 4. The first-order chi connectivity index (χ1) is 13.1. The van der Waals surface area contributed by atoms with Crippen LogP contribution in [0.5, 0.6) is 11.5 Å². The number of fused-ring (bicyclic) bond motifs is 2. The van der Waals surface area contributed by atoms with Crippen molar-refractivity contribution >= 4 is 17.0 Å². The summed E-state index contributed by atoms with van der Waals surface area (Å²) in [5.74, 6) is 0.0872. The van der Waals surface area contributed by atoms with E-state index in [4.69, 9.17) is 0 Å². The molecular weight excluding hydrogens is 340 g/mol. The van der Waals surface area contributed by atoms with Crippen molar-refractivity contribution in [3.8, 4) is 23.6 Å². The molecule has 2 heterocycles. The summed E-state index contributed by atoms with van der Waals surface area (Å²) >= 11 is 0. The van der Waals surface area contributed by atoms with Gasteiger partial charge in [0.1, 0.15) is 23.6 Å². The molecule has 2 aliphatic heterocycles. The van der Waals surface area contributed by atoms with Crippen LogP contribution in [0.25, 0.3) is 5.57 Å². The van der Waals surface area contributed by atoms with Gasteiger partial charge < -0.3 is 10.2 Å². The first-order valence-electron chi connectivity index (χ1n) is 8.15. The van der Waals surface area contributed by atoms with Crippen molar-refractivity contribution in [2.24, 2.45) is 9.98 Å². The molecule has 2 aromatic rings. The third-order valence-electron chi connectivity index (χ3n) is 4.44. The molecule has 6 nitrogen and oxygen atoms in total. The second kappa shape index (κ2) is 6.29. The molecule has 1 aliphatic carbocycles. The average Bonchev–Trinajstić information content (AvgIpc) is 2.95. The summed E-state index contributed by atoms with van der Waals surface area (Å²) in [7, 11) is 0. The Morgan fingerprint density at radius 3 is 1.63 bits per heavy atom. The first kappa shape index (κ1) is 16.3. The van der Waals surface area contributed by atoms with Crippen LogP contribution in [0.2, 0.25) is 0 Å². The number of aromatic hydroxyl groups is 2. The van der Waals surface area contributed by atoms with Crippen LogP contribution in [0, 0.1) is 22.7 Å². The molecular formula is C21H12N4O2. The number of phenolic OH excluding ortho intramolecular Hbond substituents is 2. The van der Waals surface area contributed by atoms with Gasteiger partial charge in [-0.3, -0.25) is 0 Å². The smallest absolute Gasteiger partial charge is 0.177 e. The minimum Gasteiger partial charge on any atom is -0.507 e. The largest absolute Gasteiger partial charge is 0.507 e. The number of hydrogen-bond acceptors (Lipinski definition) is 6. The molecule has 0 aromatic heterocycles. The number of hydrogen-bond donors (Lipinski definition) is 2. The molecule has 27 heavy (non-hydrogen) atoms. The molecule has 2 bridgehead atoms. The standard InChI is InChI=1S/C21H12N4O2/c22-10-16-17(11-23)25-15-9-14(24-16)21(15)20(12-5-1-3-7-18(12)26)13-6-2-4-8-19(13)27/h1-8,26-27H,9H2. The highest BCUT2D eigenvalue weighted by molar-refractivity contribution is 6.45. The molecule has 0 saturated heterocycles. The van der Waals surface area contributed by atoms with Crippen LogP contribution in [-0.2, 0) is 0 Å². The molecule has 0 unspecified atom stereocenters. The summed E-state index contributed by atoms with van der Waals surface area (Å²) < 4.78 is 0. The highest BCUT2D eigenvalue weighted by Gasteiger charge is 2.35. The maximum Gasteiger partial charge on any atom is 0.177 e. The topological polar surface area (TPSA) is 113 Å². The predicted octanol–water partition coefficient (Wildman–Crippen LogP) is 3.46. The maximum absolute atomic E-state index is 10.4. The molecule has 6 heteroatoms. The molecule has 1 fully saturated rings. The van der Waals surface area contributed by atoms with E-state index in [2.05, 4.69) is 9.98 Å². The predicted molar refractivity (Wildman–Crippen MR) is 100.0 cm³/mol. The SMILES string of the molecule is N#CC1=C(C#N)N=C2CC(=N1)C2=C(c1ccccc1O)c1ccccc1O. The van der Waals surface area contributed by atoms with Crippen LogP contribution in [0.3, 0.4) is 0 Å². The monoisotopic (exact) mass is 352 g/mol. The van der Waals surface area contributed by atoms with E-state index in [1.165, 1.54) is 0 Å². The lowest BCUT2D eigenvalue weighted by molar-refractivity contribution is 0.471. The van der Waals surface area contributed by atoms with Gasteiger partial charge in [-0.25, -0.2) is 9.98 Å². The van der Waals surface area contributed by atoms with Crippen molar-refractivity contribution in [2.75, 3.05) is 0 Å². The summed E-state index contributed by atoms with van der Waals surface area (Å²) in [4.78, 5) is 8.60. The molecule has 0 atom stereocenters. The van der Waals surface area contributed by atoms with Gasteiger partial charge in [-0.05, 0) is 12.1 Å². The number of para-hydroxylation sites is 2. The van der Waals surface area contributed by atoms with Gasteiger partial charge >= 0.3 is 0 Å². The van der Waals surface area contributed by atoms with Crippen molar-refractivity contribution < 1.29 is 10.2 Å². The Hall–Kier alpha value is -4.16. The van der Waals surface area contributed by atoms with Crippen LogP contribution in [0.4, 0.5) is 0 Å². The molecule has 5 rings (SSSR count). The Labute approximate surface area is 155 Å². The van der Waals surface area contributed by atoms with Crippen molar-refractivity contribution in [2.45, 2.75) is 6.42 Å². The van der Waals surface area contributed by atoms with Gasteiger partial charge in [0, 0.05) is 28.7 Å². The Morgan fingerprint density at radius 2 is 1.22 bits per heavy atom. The molecule has 128 valence electrons. The van der Waals surface area contributed by atoms with E-state index in [1.54, 1.807) is 48.5 Å². The molecule has 2 aromatic carbocycles. The second-order valence-corrected chi connectivity index (χ2v) is 6.00. The summed E-state index contributed by atoms with van der Waals surface area (Å²) in [6, 6.07) is 17.4. The fourth-order valence-electron chi connectivity index (χ4n) is 3.19. The van der Waals surface area contributed by atoms with Crippen molar-refractivity contribution in [3.63, 3.8) is 0 Å². The highest BCUT2D eigenvalue weighted by Crippen LogP contribution is 2.42. The number of benzene rings is 2. The number of rotatable bonds is 2. The Kier molecular flexibility index (Phi) is 3.80. The zero-order chi connectivity index (χ0) is 19.0. The minimum absolute atomic E-state index is 0.0357. The van der Waals surface area contributed by atoms with Crippen LogP contribution in [0.1, 0.15) is 17.5 Å². The number of allylic oxidation sites excluding steroid dienone is 3. The third kappa shape index (κ3) is 2.57. The normalized spacial score (nSPS) is 15.0. The van der Waals surface area contributed by atoms with Crippen LogP contribution in [-0.4, -0.2) is 21.6 Å². The number of phenols is 2. The molecule has 0 spiro atoms. The summed E-state index contributed by atoms with van der Waals surface area (Å²) in [5, 5.41) is 39.4. The van der Waals surface area contributed by atoms with Crippen LogP contribution < -0.4 is 0 Å². The third-order valence-corrected chi connectivity index (χ3v) is 4.44. The van der Waals surface area contributed by atoms with Crippen LogP contribution >= 0.6 is 0 Å². The Balaban J connectivity index is 2.06. The van der Waals surface area contributed by atoms with Gasteiger partial charge in [-0.15, -0.1) is 0 Å². The first-order valence-corrected chi connectivity index (χ1v) is 8.15. The fourth-order valence-corrected chi connectivity index (χ4v) is 3.19. The van der Waals surface area contributed by atoms with Gasteiger partial charge in [0.2, 0.25) is 0 Å². The van der Waals surface area contributed by atoms with E-state index >= 15 is 0 Å². The van der Waals surface area contributed by atoms with Crippen molar-refractivity contribution in [1.82, 2.24) is 0 Å². The second-order valence-electron chi connectivity index (χ2n) is 6.00. The van der Waals surface area contributed by atoms with Crippen molar-refractivity contribution in [3.05, 3.63) is 76.6 Å². The molecule has 1 saturated carbocycles. The van der Waals surface area contributed by atoms with E-state index < -0.39 is 0 Å². The maximum atomic E-state index is 10.4. The molecule has 0 amide bonds. The lowest BCUT2D eigenvalue weighted by atomic mass is 9.78. The fraction of sp³-hybridized carbons (Fsp3) is 0.0476. The zero-order valence-corrected chi connectivity index (χ0v) is 14.0. The zero-order valence-electron chi connectivity index (χ0n) is 14.0. The Bertz CT molecular complexity index is 1100. The number of nitriles is 2. The lowest BCUT2D eigenvalue weighted by Gasteiger charge is -2.26. The summed E-state index contributed by atoms with van der Waals surface area (Å²) in [6.45, 7) is 0. The van der Waals surface area contributed by atoms with Crippen molar-refractivity contribution in [1.29, 1.82) is 10.5 Å². The summed E-state index contributed by atoms with van der Waals surface area (Å²) in [6.07, 6.45) is 0.413. The van der Waals surface area contributed by atoms with Gasteiger partial charge in [-0.1, -0.05) is 36.4 Å². The van der Waals surface area contributed by atoms with E-state index in [9.17, 15) is 20.7 Å². The van der Waals surface area contributed by atoms with E-state index in [-0.39, 0.29) is 22.9 Å².